The van der Waals surface area contributed by atoms with Crippen LogP contribution in [-0.2, 0) is 6.54 Å². The maximum Gasteiger partial charge on any atom is 0.0945 e. The molecular formula is C13H25BrN2. The molecule has 0 aromatic carbocycles. The second-order valence-corrected chi connectivity index (χ2v) is 4.28. The van der Waals surface area contributed by atoms with E-state index in [9.17, 15) is 0 Å². The van der Waals surface area contributed by atoms with Crippen molar-refractivity contribution < 1.29 is 0 Å². The molecular weight excluding hydrogens is 264 g/mol. The Kier molecular flexibility index (Phi) is 11.0. The van der Waals surface area contributed by atoms with Gasteiger partial charge in [0.2, 0.25) is 0 Å². The average molecular weight is 289 g/mol. The van der Waals surface area contributed by atoms with Crippen molar-refractivity contribution in [2.75, 3.05) is 0 Å². The molecule has 0 saturated heterocycles. The number of halogens is 1. The molecule has 0 aliphatic heterocycles. The third-order valence-corrected chi connectivity index (χ3v) is 2.83. The Morgan fingerprint density at radius 2 is 1.56 bits per heavy atom. The predicted octanol–water partition coefficient (Wildman–Crippen LogP) is 4.60. The molecule has 1 rings (SSSR count). The van der Waals surface area contributed by atoms with Crippen molar-refractivity contribution in [2.24, 2.45) is 0 Å². The van der Waals surface area contributed by atoms with Crippen molar-refractivity contribution >= 4 is 17.0 Å². The van der Waals surface area contributed by atoms with Crippen LogP contribution in [0.15, 0.2) is 18.7 Å². The molecule has 16 heavy (non-hydrogen) atoms. The Labute approximate surface area is 110 Å². The first kappa shape index (κ1) is 15.7. The highest BCUT2D eigenvalue weighted by Gasteiger charge is 1.92. The van der Waals surface area contributed by atoms with Crippen LogP contribution in [0.5, 0.6) is 0 Å². The number of aromatic nitrogens is 2. The van der Waals surface area contributed by atoms with Crippen LogP contribution in [0.25, 0.3) is 0 Å². The normalized spacial score (nSPS) is 10.1. The van der Waals surface area contributed by atoms with E-state index < -0.39 is 0 Å². The lowest BCUT2D eigenvalue weighted by Gasteiger charge is -2.02. The molecule has 0 radical (unpaired) electrons. The lowest BCUT2D eigenvalue weighted by atomic mass is 10.1. The molecule has 1 heterocycles. The molecule has 0 N–H and O–H groups in total. The number of imidazole rings is 1. The van der Waals surface area contributed by atoms with Crippen LogP contribution in [0.2, 0.25) is 0 Å². The van der Waals surface area contributed by atoms with Gasteiger partial charge < -0.3 is 4.57 Å². The van der Waals surface area contributed by atoms with Crippen LogP contribution in [-0.4, -0.2) is 9.55 Å². The van der Waals surface area contributed by atoms with E-state index in [4.69, 9.17) is 0 Å². The summed E-state index contributed by atoms with van der Waals surface area (Å²) in [4.78, 5) is 4.03. The minimum Gasteiger partial charge on any atom is -0.337 e. The number of hydrogen-bond acceptors (Lipinski definition) is 1. The van der Waals surface area contributed by atoms with Crippen LogP contribution in [0, 0.1) is 0 Å². The molecule has 0 aliphatic rings. The fourth-order valence-corrected chi connectivity index (χ4v) is 1.85. The minimum absolute atomic E-state index is 0. The molecule has 0 spiro atoms. The third-order valence-electron chi connectivity index (χ3n) is 2.83. The summed E-state index contributed by atoms with van der Waals surface area (Å²) in [6.45, 7) is 3.40. The molecule has 0 saturated carbocycles. The molecule has 2 nitrogen and oxygen atoms in total. The van der Waals surface area contributed by atoms with Gasteiger partial charge in [-0.05, 0) is 6.42 Å². The van der Waals surface area contributed by atoms with E-state index in [1.54, 1.807) is 0 Å². The first-order valence-electron chi connectivity index (χ1n) is 6.39. The topological polar surface area (TPSA) is 17.8 Å². The fourth-order valence-electron chi connectivity index (χ4n) is 1.85. The Morgan fingerprint density at radius 3 is 2.12 bits per heavy atom. The van der Waals surface area contributed by atoms with Gasteiger partial charge in [0.1, 0.15) is 0 Å². The molecule has 1 aromatic heterocycles. The van der Waals surface area contributed by atoms with Gasteiger partial charge in [0.25, 0.3) is 0 Å². The first-order valence-corrected chi connectivity index (χ1v) is 6.39. The summed E-state index contributed by atoms with van der Waals surface area (Å²) < 4.78 is 2.16. The molecule has 94 valence electrons. The number of nitrogens with zero attached hydrogens (tertiary/aromatic N) is 2. The largest absolute Gasteiger partial charge is 0.337 e. The van der Waals surface area contributed by atoms with E-state index in [0.29, 0.717) is 0 Å². The number of unbranched alkanes of at least 4 members (excludes halogenated alkanes) is 7. The zero-order chi connectivity index (χ0) is 10.8. The van der Waals surface area contributed by atoms with Gasteiger partial charge >= 0.3 is 0 Å². The van der Waals surface area contributed by atoms with Crippen LogP contribution in [0.1, 0.15) is 58.3 Å². The average Bonchev–Trinajstić information content (AvgIpc) is 2.75. The molecule has 0 amide bonds. The first-order chi connectivity index (χ1) is 7.43. The van der Waals surface area contributed by atoms with Crippen LogP contribution < -0.4 is 0 Å². The van der Waals surface area contributed by atoms with Crippen LogP contribution in [0.3, 0.4) is 0 Å². The van der Waals surface area contributed by atoms with E-state index in [2.05, 4.69) is 16.5 Å². The lowest BCUT2D eigenvalue weighted by Crippen LogP contribution is -1.93. The van der Waals surface area contributed by atoms with Gasteiger partial charge in [-0.25, -0.2) is 4.98 Å². The Morgan fingerprint density at radius 1 is 0.938 bits per heavy atom. The maximum absolute atomic E-state index is 4.03. The summed E-state index contributed by atoms with van der Waals surface area (Å²) in [6.07, 6.45) is 16.9. The standard InChI is InChI=1S/C13H24N2.BrH/c1-2-3-4-5-6-7-8-9-11-15-12-10-14-13-15;/h10,12-13H,2-9,11H2,1H3;1H. The zero-order valence-electron chi connectivity index (χ0n) is 10.4. The second-order valence-electron chi connectivity index (χ2n) is 4.28. The van der Waals surface area contributed by atoms with Crippen molar-refractivity contribution in [1.29, 1.82) is 0 Å². The summed E-state index contributed by atoms with van der Waals surface area (Å²) in [6, 6.07) is 0. The maximum atomic E-state index is 4.03. The summed E-state index contributed by atoms with van der Waals surface area (Å²) >= 11 is 0. The minimum atomic E-state index is 0. The number of aryl methyl sites for hydroxylation is 1. The summed E-state index contributed by atoms with van der Waals surface area (Å²) in [5, 5.41) is 0. The van der Waals surface area contributed by atoms with E-state index >= 15 is 0 Å². The molecule has 0 atom stereocenters. The van der Waals surface area contributed by atoms with Gasteiger partial charge in [0.15, 0.2) is 0 Å². The quantitative estimate of drug-likeness (QED) is 0.607. The molecule has 0 unspecified atom stereocenters. The van der Waals surface area contributed by atoms with Crippen LogP contribution in [0.4, 0.5) is 0 Å². The third kappa shape index (κ3) is 7.91. The van der Waals surface area contributed by atoms with Gasteiger partial charge in [-0.1, -0.05) is 51.9 Å². The highest BCUT2D eigenvalue weighted by Crippen LogP contribution is 2.08. The smallest absolute Gasteiger partial charge is 0.0945 e. The van der Waals surface area contributed by atoms with Crippen molar-refractivity contribution in [3.05, 3.63) is 18.7 Å². The van der Waals surface area contributed by atoms with Gasteiger partial charge in [-0.15, -0.1) is 17.0 Å². The molecule has 0 bridgehead atoms. The molecule has 0 fully saturated rings. The highest BCUT2D eigenvalue weighted by atomic mass is 79.9. The molecule has 1 aromatic rings. The molecule has 0 aliphatic carbocycles. The van der Waals surface area contributed by atoms with Gasteiger partial charge in [0, 0.05) is 18.9 Å². The summed E-state index contributed by atoms with van der Waals surface area (Å²) in [5.74, 6) is 0. The van der Waals surface area contributed by atoms with E-state index in [1.165, 1.54) is 51.4 Å². The van der Waals surface area contributed by atoms with Gasteiger partial charge in [-0.2, -0.15) is 0 Å². The monoisotopic (exact) mass is 288 g/mol. The summed E-state index contributed by atoms with van der Waals surface area (Å²) in [7, 11) is 0. The van der Waals surface area contributed by atoms with E-state index in [-0.39, 0.29) is 17.0 Å². The zero-order valence-corrected chi connectivity index (χ0v) is 12.1. The number of rotatable bonds is 9. The fraction of sp³-hybridized carbons (Fsp3) is 0.769. The van der Waals surface area contributed by atoms with E-state index in [0.717, 1.165) is 6.54 Å². The Balaban J connectivity index is 0.00000225. The van der Waals surface area contributed by atoms with Gasteiger partial charge in [0.05, 0.1) is 6.33 Å². The molecule has 3 heteroatoms. The SMILES string of the molecule is Br.CCCCCCCCCCn1ccnc1. The Bertz CT molecular complexity index is 222. The van der Waals surface area contributed by atoms with Gasteiger partial charge in [-0.3, -0.25) is 0 Å². The van der Waals surface area contributed by atoms with Crippen molar-refractivity contribution in [2.45, 2.75) is 64.8 Å². The van der Waals surface area contributed by atoms with Crippen LogP contribution >= 0.6 is 17.0 Å². The van der Waals surface area contributed by atoms with Crippen molar-refractivity contribution in [1.82, 2.24) is 9.55 Å². The van der Waals surface area contributed by atoms with E-state index in [1.807, 2.05) is 18.7 Å². The highest BCUT2D eigenvalue weighted by molar-refractivity contribution is 8.93. The predicted molar refractivity (Wildman–Crippen MR) is 75.2 cm³/mol. The lowest BCUT2D eigenvalue weighted by molar-refractivity contribution is 0.543. The van der Waals surface area contributed by atoms with Crippen molar-refractivity contribution in [3.8, 4) is 0 Å². The Hall–Kier alpha value is -0.310. The number of hydrogen-bond donors (Lipinski definition) is 0. The second kappa shape index (κ2) is 11.2. The van der Waals surface area contributed by atoms with Crippen molar-refractivity contribution in [3.63, 3.8) is 0 Å². The summed E-state index contributed by atoms with van der Waals surface area (Å²) in [5.41, 5.74) is 0.